The summed E-state index contributed by atoms with van der Waals surface area (Å²) in [6, 6.07) is 6.20. The van der Waals surface area contributed by atoms with Crippen molar-refractivity contribution in [2.24, 2.45) is 5.92 Å². The van der Waals surface area contributed by atoms with Crippen LogP contribution in [0.15, 0.2) is 32.7 Å². The zero-order chi connectivity index (χ0) is 13.0. The second-order valence-electron chi connectivity index (χ2n) is 4.89. The summed E-state index contributed by atoms with van der Waals surface area (Å²) in [6.45, 7) is 0.179. The van der Waals surface area contributed by atoms with Crippen LogP contribution >= 0.6 is 31.9 Å². The van der Waals surface area contributed by atoms with Gasteiger partial charge in [0.05, 0.1) is 6.61 Å². The van der Waals surface area contributed by atoms with E-state index in [1.54, 1.807) is 0 Å². The lowest BCUT2D eigenvalue weighted by atomic mass is 9.83. The monoisotopic (exact) mass is 372 g/mol. The molecule has 0 radical (unpaired) electrons. The van der Waals surface area contributed by atoms with Crippen molar-refractivity contribution in [3.63, 3.8) is 0 Å². The van der Waals surface area contributed by atoms with Crippen LogP contribution in [0.25, 0.3) is 6.08 Å². The van der Waals surface area contributed by atoms with Crippen LogP contribution < -0.4 is 0 Å². The number of rotatable bonds is 3. The molecule has 0 bridgehead atoms. The Labute approximate surface area is 126 Å². The Morgan fingerprint density at radius 2 is 1.89 bits per heavy atom. The molecule has 0 heterocycles. The Hall–Kier alpha value is -0.120. The topological polar surface area (TPSA) is 20.2 Å². The molecule has 0 aliphatic heterocycles. The maximum absolute atomic E-state index is 9.57. The van der Waals surface area contributed by atoms with E-state index in [1.807, 2.05) is 6.07 Å². The SMILES string of the molecule is OC/C(=C/c1ccc(Br)c(Br)c1)C1CCCCC1. The molecule has 1 fully saturated rings. The first-order valence-corrected chi connectivity index (χ1v) is 8.05. The molecule has 1 aliphatic rings. The number of hydrogen-bond donors (Lipinski definition) is 1. The average Bonchev–Trinajstić information content (AvgIpc) is 2.41. The summed E-state index contributed by atoms with van der Waals surface area (Å²) in [5.74, 6) is 0.575. The van der Waals surface area contributed by atoms with Crippen molar-refractivity contribution in [1.29, 1.82) is 0 Å². The molecule has 1 aromatic rings. The highest BCUT2D eigenvalue weighted by Gasteiger charge is 2.17. The quantitative estimate of drug-likeness (QED) is 0.774. The van der Waals surface area contributed by atoms with Crippen molar-refractivity contribution in [3.8, 4) is 0 Å². The fraction of sp³-hybridized carbons (Fsp3) is 0.467. The van der Waals surface area contributed by atoms with E-state index in [0.29, 0.717) is 5.92 Å². The molecule has 0 saturated heterocycles. The lowest BCUT2D eigenvalue weighted by Crippen LogP contribution is -2.11. The van der Waals surface area contributed by atoms with E-state index in [9.17, 15) is 5.11 Å². The Balaban J connectivity index is 2.19. The zero-order valence-electron chi connectivity index (χ0n) is 10.3. The number of aliphatic hydroxyl groups excluding tert-OH is 1. The van der Waals surface area contributed by atoms with Crippen LogP contribution in [0, 0.1) is 5.92 Å². The van der Waals surface area contributed by atoms with Crippen molar-refractivity contribution in [2.45, 2.75) is 32.1 Å². The summed E-state index contributed by atoms with van der Waals surface area (Å²) >= 11 is 6.99. The summed E-state index contributed by atoms with van der Waals surface area (Å²) in [7, 11) is 0. The van der Waals surface area contributed by atoms with E-state index in [2.05, 4.69) is 50.1 Å². The summed E-state index contributed by atoms with van der Waals surface area (Å²) in [6.07, 6.45) is 8.54. The van der Waals surface area contributed by atoms with Crippen molar-refractivity contribution in [1.82, 2.24) is 0 Å². The van der Waals surface area contributed by atoms with E-state index in [1.165, 1.54) is 37.7 Å². The van der Waals surface area contributed by atoms with Gasteiger partial charge in [0, 0.05) is 8.95 Å². The highest BCUT2D eigenvalue weighted by atomic mass is 79.9. The first-order valence-electron chi connectivity index (χ1n) is 6.47. The normalized spacial score (nSPS) is 18.1. The van der Waals surface area contributed by atoms with E-state index < -0.39 is 0 Å². The summed E-state index contributed by atoms with van der Waals surface area (Å²) in [4.78, 5) is 0. The van der Waals surface area contributed by atoms with Crippen LogP contribution in [0.5, 0.6) is 0 Å². The second kappa shape index (κ2) is 6.88. The van der Waals surface area contributed by atoms with Crippen LogP contribution in [0.2, 0.25) is 0 Å². The Kier molecular flexibility index (Phi) is 5.46. The zero-order valence-corrected chi connectivity index (χ0v) is 13.5. The molecule has 1 saturated carbocycles. The molecule has 98 valence electrons. The number of halogens is 2. The van der Waals surface area contributed by atoms with Gasteiger partial charge in [0.25, 0.3) is 0 Å². The minimum absolute atomic E-state index is 0.179. The lowest BCUT2D eigenvalue weighted by molar-refractivity contribution is 0.295. The maximum Gasteiger partial charge on any atom is 0.0647 e. The molecule has 2 rings (SSSR count). The molecule has 1 N–H and O–H groups in total. The van der Waals surface area contributed by atoms with Crippen LogP contribution in [0.1, 0.15) is 37.7 Å². The number of hydrogen-bond acceptors (Lipinski definition) is 1. The molecule has 1 aromatic carbocycles. The molecule has 0 unspecified atom stereocenters. The molecular formula is C15H18Br2O. The minimum Gasteiger partial charge on any atom is -0.392 e. The first kappa shape index (κ1) is 14.3. The fourth-order valence-electron chi connectivity index (χ4n) is 2.58. The van der Waals surface area contributed by atoms with Gasteiger partial charge in [0.2, 0.25) is 0 Å². The van der Waals surface area contributed by atoms with Crippen LogP contribution in [-0.4, -0.2) is 11.7 Å². The summed E-state index contributed by atoms with van der Waals surface area (Å²) in [5.41, 5.74) is 2.34. The van der Waals surface area contributed by atoms with E-state index >= 15 is 0 Å². The number of benzene rings is 1. The van der Waals surface area contributed by atoms with Crippen molar-refractivity contribution in [3.05, 3.63) is 38.3 Å². The molecule has 18 heavy (non-hydrogen) atoms. The molecule has 0 spiro atoms. The highest BCUT2D eigenvalue weighted by Crippen LogP contribution is 2.31. The molecule has 3 heteroatoms. The van der Waals surface area contributed by atoms with E-state index in [0.717, 1.165) is 14.5 Å². The maximum atomic E-state index is 9.57. The third-order valence-electron chi connectivity index (χ3n) is 3.61. The number of aliphatic hydroxyl groups is 1. The Morgan fingerprint density at radius 3 is 2.50 bits per heavy atom. The minimum atomic E-state index is 0.179. The standard InChI is InChI=1S/C15H18Br2O/c16-14-7-6-11(9-15(14)17)8-13(10-18)12-4-2-1-3-5-12/h6-9,12,18H,1-5,10H2/b13-8-. The summed E-state index contributed by atoms with van der Waals surface area (Å²) in [5, 5.41) is 9.57. The van der Waals surface area contributed by atoms with E-state index in [-0.39, 0.29) is 6.61 Å². The summed E-state index contributed by atoms with van der Waals surface area (Å²) < 4.78 is 2.11. The van der Waals surface area contributed by atoms with Crippen LogP contribution in [-0.2, 0) is 0 Å². The van der Waals surface area contributed by atoms with Crippen molar-refractivity contribution >= 4 is 37.9 Å². The van der Waals surface area contributed by atoms with Crippen molar-refractivity contribution in [2.75, 3.05) is 6.61 Å². The van der Waals surface area contributed by atoms with Gasteiger partial charge >= 0.3 is 0 Å². The second-order valence-corrected chi connectivity index (χ2v) is 6.59. The van der Waals surface area contributed by atoms with Gasteiger partial charge in [-0.15, -0.1) is 0 Å². The van der Waals surface area contributed by atoms with Gasteiger partial charge in [-0.3, -0.25) is 0 Å². The van der Waals surface area contributed by atoms with Gasteiger partial charge in [-0.05, 0) is 73.9 Å². The molecule has 0 aromatic heterocycles. The third-order valence-corrected chi connectivity index (χ3v) is 5.49. The molecule has 0 amide bonds. The van der Waals surface area contributed by atoms with Crippen LogP contribution in [0.4, 0.5) is 0 Å². The Morgan fingerprint density at radius 1 is 1.17 bits per heavy atom. The third kappa shape index (κ3) is 3.69. The fourth-order valence-corrected chi connectivity index (χ4v) is 3.23. The predicted octanol–water partition coefficient (Wildman–Crippen LogP) is 5.17. The lowest BCUT2D eigenvalue weighted by Gasteiger charge is -2.23. The molecule has 1 aliphatic carbocycles. The largest absolute Gasteiger partial charge is 0.392 e. The smallest absolute Gasteiger partial charge is 0.0647 e. The van der Waals surface area contributed by atoms with Gasteiger partial charge in [-0.25, -0.2) is 0 Å². The predicted molar refractivity (Wildman–Crippen MR) is 83.5 cm³/mol. The van der Waals surface area contributed by atoms with Gasteiger partial charge in [-0.1, -0.05) is 31.4 Å². The first-order chi connectivity index (χ1) is 8.70. The van der Waals surface area contributed by atoms with Crippen molar-refractivity contribution < 1.29 is 5.11 Å². The Bertz CT molecular complexity index is 434. The highest BCUT2D eigenvalue weighted by molar-refractivity contribution is 9.13. The van der Waals surface area contributed by atoms with Gasteiger partial charge in [-0.2, -0.15) is 0 Å². The molecular weight excluding hydrogens is 356 g/mol. The molecule has 0 atom stereocenters. The molecule has 1 nitrogen and oxygen atoms in total. The van der Waals surface area contributed by atoms with E-state index in [4.69, 9.17) is 0 Å². The van der Waals surface area contributed by atoms with Crippen LogP contribution in [0.3, 0.4) is 0 Å². The van der Waals surface area contributed by atoms with Gasteiger partial charge in [0.1, 0.15) is 0 Å². The van der Waals surface area contributed by atoms with Gasteiger partial charge in [0.15, 0.2) is 0 Å². The average molecular weight is 374 g/mol. The van der Waals surface area contributed by atoms with Gasteiger partial charge < -0.3 is 5.11 Å².